The summed E-state index contributed by atoms with van der Waals surface area (Å²) in [5, 5.41) is 5.53. The molecular formula is C25H30FN5O4. The highest BCUT2D eigenvalue weighted by Crippen LogP contribution is 2.19. The fourth-order valence-corrected chi connectivity index (χ4v) is 4.38. The number of carbonyl (C=O) groups excluding carboxylic acids is 3. The molecule has 2 aromatic carbocycles. The summed E-state index contributed by atoms with van der Waals surface area (Å²) in [4.78, 5) is 44.0. The van der Waals surface area contributed by atoms with Gasteiger partial charge in [0.05, 0.1) is 20.1 Å². The third kappa shape index (κ3) is 6.27. The van der Waals surface area contributed by atoms with E-state index in [1.165, 1.54) is 17.0 Å². The first-order valence-electron chi connectivity index (χ1n) is 11.7. The van der Waals surface area contributed by atoms with Gasteiger partial charge in [-0.15, -0.1) is 0 Å². The van der Waals surface area contributed by atoms with Gasteiger partial charge in [0, 0.05) is 50.6 Å². The summed E-state index contributed by atoms with van der Waals surface area (Å²) in [5.41, 5.74) is 1.54. The predicted molar refractivity (Wildman–Crippen MR) is 130 cm³/mol. The van der Waals surface area contributed by atoms with Crippen LogP contribution in [0.25, 0.3) is 0 Å². The molecule has 2 aliphatic rings. The molecule has 4 rings (SSSR count). The van der Waals surface area contributed by atoms with E-state index >= 15 is 0 Å². The standard InChI is InChI=1S/C25H30FN5O4/c1-35-21-8-4-19(5-9-21)28-23(32)16-22-25(34)27-10-11-31(22)24(33)17-29-12-14-30(15-13-29)20-6-2-18(26)3-7-20/h2-9,22H,10-17H2,1H3,(H,27,34)(H,28,32)/t22-/m0/s1. The summed E-state index contributed by atoms with van der Waals surface area (Å²) in [5.74, 6) is -0.434. The summed E-state index contributed by atoms with van der Waals surface area (Å²) in [6.45, 7) is 3.68. The number of rotatable bonds is 7. The van der Waals surface area contributed by atoms with E-state index in [1.807, 2.05) is 4.90 Å². The molecule has 2 heterocycles. The summed E-state index contributed by atoms with van der Waals surface area (Å²) >= 11 is 0. The topological polar surface area (TPSA) is 94.2 Å². The van der Waals surface area contributed by atoms with Gasteiger partial charge in [-0.3, -0.25) is 19.3 Å². The maximum Gasteiger partial charge on any atom is 0.243 e. The van der Waals surface area contributed by atoms with Crippen LogP contribution in [0.4, 0.5) is 15.8 Å². The van der Waals surface area contributed by atoms with Gasteiger partial charge in [0.25, 0.3) is 0 Å². The number of benzene rings is 2. The summed E-state index contributed by atoms with van der Waals surface area (Å²) in [6, 6.07) is 12.4. The Morgan fingerprint density at radius 2 is 1.71 bits per heavy atom. The van der Waals surface area contributed by atoms with Crippen molar-refractivity contribution in [3.8, 4) is 5.75 Å². The number of hydrogen-bond donors (Lipinski definition) is 2. The Hall–Kier alpha value is -3.66. The highest BCUT2D eigenvalue weighted by atomic mass is 19.1. The van der Waals surface area contributed by atoms with Gasteiger partial charge in [-0.05, 0) is 48.5 Å². The maximum atomic E-state index is 13.2. The van der Waals surface area contributed by atoms with Crippen molar-refractivity contribution in [3.05, 3.63) is 54.3 Å². The van der Waals surface area contributed by atoms with Crippen LogP contribution in [0.15, 0.2) is 48.5 Å². The molecule has 0 aliphatic carbocycles. The Bertz CT molecular complexity index is 1040. The fraction of sp³-hybridized carbons (Fsp3) is 0.400. The quantitative estimate of drug-likeness (QED) is 0.617. The van der Waals surface area contributed by atoms with E-state index in [9.17, 15) is 18.8 Å². The molecule has 2 saturated heterocycles. The normalized spacial score (nSPS) is 18.7. The molecule has 35 heavy (non-hydrogen) atoms. The predicted octanol–water partition coefficient (Wildman–Crippen LogP) is 1.31. The van der Waals surface area contributed by atoms with E-state index in [0.29, 0.717) is 50.7 Å². The Balaban J connectivity index is 1.31. The number of hydrogen-bond acceptors (Lipinski definition) is 6. The van der Waals surface area contributed by atoms with Crippen molar-refractivity contribution in [1.29, 1.82) is 0 Å². The molecule has 0 aromatic heterocycles. The highest BCUT2D eigenvalue weighted by molar-refractivity contribution is 5.97. The molecule has 2 N–H and O–H groups in total. The van der Waals surface area contributed by atoms with E-state index in [4.69, 9.17) is 4.74 Å². The van der Waals surface area contributed by atoms with E-state index in [-0.39, 0.29) is 36.5 Å². The number of carbonyl (C=O) groups is 3. The number of amides is 3. The monoisotopic (exact) mass is 483 g/mol. The molecule has 2 aromatic rings. The Labute approximate surface area is 203 Å². The van der Waals surface area contributed by atoms with Crippen LogP contribution in [-0.2, 0) is 14.4 Å². The second kappa shape index (κ2) is 11.2. The minimum atomic E-state index is -0.852. The van der Waals surface area contributed by atoms with Crippen LogP contribution in [0.5, 0.6) is 5.75 Å². The van der Waals surface area contributed by atoms with Crippen molar-refractivity contribution >= 4 is 29.1 Å². The summed E-state index contributed by atoms with van der Waals surface area (Å²) < 4.78 is 18.3. The molecule has 0 radical (unpaired) electrons. The Morgan fingerprint density at radius 1 is 1.03 bits per heavy atom. The molecule has 3 amide bonds. The summed E-state index contributed by atoms with van der Waals surface area (Å²) in [6.07, 6.45) is -0.123. The van der Waals surface area contributed by atoms with Crippen molar-refractivity contribution < 1.29 is 23.5 Å². The molecule has 10 heteroatoms. The van der Waals surface area contributed by atoms with Gasteiger partial charge >= 0.3 is 0 Å². The number of anilines is 2. The SMILES string of the molecule is COc1ccc(NC(=O)C[C@H]2C(=O)NCCN2C(=O)CN2CCN(c3ccc(F)cc3)CC2)cc1. The molecule has 0 spiro atoms. The van der Waals surface area contributed by atoms with E-state index < -0.39 is 6.04 Å². The van der Waals surface area contributed by atoms with Gasteiger partial charge in [0.2, 0.25) is 17.7 Å². The number of piperazine rings is 2. The minimum absolute atomic E-state index is 0.123. The van der Waals surface area contributed by atoms with Crippen molar-refractivity contribution in [2.75, 3.05) is 63.1 Å². The lowest BCUT2D eigenvalue weighted by atomic mass is 10.1. The number of ether oxygens (including phenoxy) is 1. The fourth-order valence-electron chi connectivity index (χ4n) is 4.38. The average molecular weight is 484 g/mol. The van der Waals surface area contributed by atoms with Gasteiger partial charge in [0.1, 0.15) is 17.6 Å². The molecule has 0 saturated carbocycles. The lowest BCUT2D eigenvalue weighted by Gasteiger charge is -2.39. The highest BCUT2D eigenvalue weighted by Gasteiger charge is 2.35. The zero-order chi connectivity index (χ0) is 24.8. The number of nitrogens with zero attached hydrogens (tertiary/aromatic N) is 3. The van der Waals surface area contributed by atoms with Crippen LogP contribution in [0.3, 0.4) is 0 Å². The van der Waals surface area contributed by atoms with Crippen LogP contribution in [0.1, 0.15) is 6.42 Å². The van der Waals surface area contributed by atoms with Crippen molar-refractivity contribution in [2.45, 2.75) is 12.5 Å². The average Bonchev–Trinajstić information content (AvgIpc) is 2.86. The van der Waals surface area contributed by atoms with Crippen molar-refractivity contribution in [2.24, 2.45) is 0 Å². The van der Waals surface area contributed by atoms with Crippen LogP contribution in [-0.4, -0.2) is 86.5 Å². The molecule has 0 bridgehead atoms. The molecule has 1 atom stereocenters. The van der Waals surface area contributed by atoms with Gasteiger partial charge < -0.3 is 25.2 Å². The zero-order valence-corrected chi connectivity index (χ0v) is 19.7. The molecule has 186 valence electrons. The van der Waals surface area contributed by atoms with Gasteiger partial charge in [-0.1, -0.05) is 0 Å². The van der Waals surface area contributed by atoms with Crippen LogP contribution >= 0.6 is 0 Å². The van der Waals surface area contributed by atoms with E-state index in [1.54, 1.807) is 43.5 Å². The smallest absolute Gasteiger partial charge is 0.243 e. The zero-order valence-electron chi connectivity index (χ0n) is 19.7. The first-order valence-corrected chi connectivity index (χ1v) is 11.7. The molecule has 0 unspecified atom stereocenters. The minimum Gasteiger partial charge on any atom is -0.497 e. The number of methoxy groups -OCH3 is 1. The third-order valence-electron chi connectivity index (χ3n) is 6.33. The summed E-state index contributed by atoms with van der Waals surface area (Å²) in [7, 11) is 1.56. The van der Waals surface area contributed by atoms with Gasteiger partial charge in [-0.25, -0.2) is 4.39 Å². The second-order valence-corrected chi connectivity index (χ2v) is 8.61. The maximum absolute atomic E-state index is 13.2. The Morgan fingerprint density at radius 3 is 2.37 bits per heavy atom. The van der Waals surface area contributed by atoms with E-state index in [0.717, 1.165) is 5.69 Å². The number of halogens is 1. The van der Waals surface area contributed by atoms with E-state index in [2.05, 4.69) is 15.5 Å². The van der Waals surface area contributed by atoms with Crippen LogP contribution in [0.2, 0.25) is 0 Å². The second-order valence-electron chi connectivity index (χ2n) is 8.61. The Kier molecular flexibility index (Phi) is 7.81. The third-order valence-corrected chi connectivity index (χ3v) is 6.33. The first kappa shape index (κ1) is 24.5. The largest absolute Gasteiger partial charge is 0.497 e. The molecule has 2 fully saturated rings. The molecule has 2 aliphatic heterocycles. The van der Waals surface area contributed by atoms with Gasteiger partial charge in [-0.2, -0.15) is 0 Å². The number of nitrogens with one attached hydrogen (secondary N) is 2. The van der Waals surface area contributed by atoms with Crippen molar-refractivity contribution in [3.63, 3.8) is 0 Å². The van der Waals surface area contributed by atoms with Crippen LogP contribution in [0, 0.1) is 5.82 Å². The lowest BCUT2D eigenvalue weighted by molar-refractivity contribution is -0.145. The van der Waals surface area contributed by atoms with Crippen molar-refractivity contribution in [1.82, 2.24) is 15.1 Å². The lowest BCUT2D eigenvalue weighted by Crippen LogP contribution is -2.60. The molecule has 9 nitrogen and oxygen atoms in total. The first-order chi connectivity index (χ1) is 16.9. The molecular weight excluding hydrogens is 453 g/mol. The van der Waals surface area contributed by atoms with Gasteiger partial charge in [0.15, 0.2) is 0 Å². The van der Waals surface area contributed by atoms with Crippen LogP contribution < -0.4 is 20.3 Å².